The molecular weight excluding hydrogens is 252 g/mol. The van der Waals surface area contributed by atoms with E-state index in [1.165, 1.54) is 0 Å². The number of carbonyl (C=O) groups is 1. The van der Waals surface area contributed by atoms with Crippen LogP contribution in [0.2, 0.25) is 0 Å². The third-order valence-electron chi connectivity index (χ3n) is 3.79. The first-order valence-corrected chi connectivity index (χ1v) is 7.37. The maximum atomic E-state index is 11.9. The van der Waals surface area contributed by atoms with Crippen LogP contribution in [0.25, 0.3) is 0 Å². The van der Waals surface area contributed by atoms with Crippen LogP contribution in [0.15, 0.2) is 24.3 Å². The first kappa shape index (κ1) is 15.0. The second-order valence-corrected chi connectivity index (χ2v) is 5.42. The van der Waals surface area contributed by atoms with Crippen molar-refractivity contribution in [2.45, 2.75) is 45.4 Å². The van der Waals surface area contributed by atoms with E-state index in [1.807, 2.05) is 31.2 Å². The summed E-state index contributed by atoms with van der Waals surface area (Å²) < 4.78 is 5.50. The lowest BCUT2D eigenvalue weighted by Crippen LogP contribution is -2.35. The maximum absolute atomic E-state index is 11.9. The van der Waals surface area contributed by atoms with E-state index in [1.54, 1.807) is 0 Å². The Hall–Kier alpha value is -1.39. The number of hydrogen-bond acceptors (Lipinski definition) is 3. The first-order chi connectivity index (χ1) is 9.71. The van der Waals surface area contributed by atoms with Crippen LogP contribution in [0.1, 0.15) is 37.3 Å². The second-order valence-electron chi connectivity index (χ2n) is 5.42. The lowest BCUT2D eigenvalue weighted by molar-refractivity contribution is -0.124. The summed E-state index contributed by atoms with van der Waals surface area (Å²) in [5.41, 5.74) is 7.80. The number of nitrogens with one attached hydrogen (secondary N) is 1. The molecule has 0 saturated heterocycles. The van der Waals surface area contributed by atoms with E-state index in [-0.39, 0.29) is 5.91 Å². The number of amides is 1. The Kier molecular flexibility index (Phi) is 5.56. The molecule has 20 heavy (non-hydrogen) atoms. The predicted molar refractivity (Wildman–Crippen MR) is 78.9 cm³/mol. The van der Waals surface area contributed by atoms with Crippen LogP contribution in [-0.2, 0) is 22.6 Å². The Balaban J connectivity index is 1.68. The van der Waals surface area contributed by atoms with Crippen molar-refractivity contribution in [3.8, 4) is 0 Å². The van der Waals surface area contributed by atoms with Gasteiger partial charge < -0.3 is 15.8 Å². The van der Waals surface area contributed by atoms with Gasteiger partial charge in [-0.15, -0.1) is 0 Å². The van der Waals surface area contributed by atoms with Crippen molar-refractivity contribution in [3.63, 3.8) is 0 Å². The van der Waals surface area contributed by atoms with Crippen molar-refractivity contribution in [1.82, 2.24) is 5.32 Å². The monoisotopic (exact) mass is 276 g/mol. The van der Waals surface area contributed by atoms with Gasteiger partial charge in [0.05, 0.1) is 6.10 Å². The molecule has 1 aromatic rings. The minimum absolute atomic E-state index is 0.128. The standard InChI is InChI=1S/C16H24N2O2/c1-2-20-15-7-14(8-15)9-16(19)18-11-13-5-3-4-12(6-13)10-17/h3-6,14-15H,2,7-11,17H2,1H3,(H,18,19). The highest BCUT2D eigenvalue weighted by Gasteiger charge is 2.30. The first-order valence-electron chi connectivity index (χ1n) is 7.37. The molecule has 3 N–H and O–H groups in total. The van der Waals surface area contributed by atoms with Crippen molar-refractivity contribution in [2.75, 3.05) is 6.61 Å². The van der Waals surface area contributed by atoms with Crippen molar-refractivity contribution in [1.29, 1.82) is 0 Å². The topological polar surface area (TPSA) is 64.3 Å². The lowest BCUT2D eigenvalue weighted by atomic mass is 9.80. The third kappa shape index (κ3) is 4.32. The van der Waals surface area contributed by atoms with Crippen molar-refractivity contribution < 1.29 is 9.53 Å². The number of ether oxygens (including phenoxy) is 1. The molecule has 0 unspecified atom stereocenters. The number of hydrogen-bond donors (Lipinski definition) is 2. The molecular formula is C16H24N2O2. The quantitative estimate of drug-likeness (QED) is 0.800. The van der Waals surface area contributed by atoms with Crippen LogP contribution in [0, 0.1) is 5.92 Å². The van der Waals surface area contributed by atoms with Gasteiger partial charge in [-0.1, -0.05) is 24.3 Å². The fraction of sp³-hybridized carbons (Fsp3) is 0.562. The fourth-order valence-electron chi connectivity index (χ4n) is 2.61. The molecule has 4 nitrogen and oxygen atoms in total. The van der Waals surface area contributed by atoms with Gasteiger partial charge in [0.15, 0.2) is 0 Å². The van der Waals surface area contributed by atoms with E-state index in [2.05, 4.69) is 5.32 Å². The van der Waals surface area contributed by atoms with Gasteiger partial charge in [0, 0.05) is 26.1 Å². The molecule has 4 heteroatoms. The molecule has 1 aliphatic rings. The highest BCUT2D eigenvalue weighted by atomic mass is 16.5. The SMILES string of the molecule is CCOC1CC(CC(=O)NCc2cccc(CN)c2)C1. The summed E-state index contributed by atoms with van der Waals surface area (Å²) >= 11 is 0. The molecule has 0 heterocycles. The Bertz CT molecular complexity index is 442. The Labute approximate surface area is 120 Å². The van der Waals surface area contributed by atoms with E-state index in [0.717, 1.165) is 30.6 Å². The van der Waals surface area contributed by atoms with E-state index in [0.29, 0.717) is 31.5 Å². The Morgan fingerprint density at radius 1 is 1.40 bits per heavy atom. The molecule has 0 spiro atoms. The molecule has 1 fully saturated rings. The van der Waals surface area contributed by atoms with Crippen LogP contribution in [0.5, 0.6) is 0 Å². The van der Waals surface area contributed by atoms with Crippen molar-refractivity contribution in [2.24, 2.45) is 11.7 Å². The van der Waals surface area contributed by atoms with Crippen molar-refractivity contribution >= 4 is 5.91 Å². The van der Waals surface area contributed by atoms with Gasteiger partial charge in [-0.25, -0.2) is 0 Å². The number of carbonyl (C=O) groups excluding carboxylic acids is 1. The molecule has 1 saturated carbocycles. The van der Waals surface area contributed by atoms with Crippen LogP contribution in [0.4, 0.5) is 0 Å². The highest BCUT2D eigenvalue weighted by Crippen LogP contribution is 2.32. The Morgan fingerprint density at radius 3 is 2.85 bits per heavy atom. The normalized spacial score (nSPS) is 21.3. The third-order valence-corrected chi connectivity index (χ3v) is 3.79. The van der Waals surface area contributed by atoms with Gasteiger partial charge in [-0.05, 0) is 36.8 Å². The van der Waals surface area contributed by atoms with E-state index >= 15 is 0 Å². The van der Waals surface area contributed by atoms with E-state index in [9.17, 15) is 4.79 Å². The number of benzene rings is 1. The Morgan fingerprint density at radius 2 is 2.15 bits per heavy atom. The fourth-order valence-corrected chi connectivity index (χ4v) is 2.61. The number of rotatable bonds is 7. The molecule has 0 atom stereocenters. The van der Waals surface area contributed by atoms with Crippen molar-refractivity contribution in [3.05, 3.63) is 35.4 Å². The minimum atomic E-state index is 0.128. The van der Waals surface area contributed by atoms with Crippen LogP contribution < -0.4 is 11.1 Å². The molecule has 0 aliphatic heterocycles. The largest absolute Gasteiger partial charge is 0.378 e. The summed E-state index contributed by atoms with van der Waals surface area (Å²) in [6.07, 6.45) is 3.02. The van der Waals surface area contributed by atoms with Gasteiger partial charge in [0.1, 0.15) is 0 Å². The van der Waals surface area contributed by atoms with Gasteiger partial charge in [0.2, 0.25) is 5.91 Å². The van der Waals surface area contributed by atoms with Crippen LogP contribution in [-0.4, -0.2) is 18.6 Å². The van der Waals surface area contributed by atoms with E-state index < -0.39 is 0 Å². The number of nitrogens with two attached hydrogens (primary N) is 1. The molecule has 110 valence electrons. The van der Waals surface area contributed by atoms with Crippen LogP contribution in [0.3, 0.4) is 0 Å². The second kappa shape index (κ2) is 7.41. The van der Waals surface area contributed by atoms with E-state index in [4.69, 9.17) is 10.5 Å². The van der Waals surface area contributed by atoms with Gasteiger partial charge in [-0.3, -0.25) is 4.79 Å². The molecule has 1 aliphatic carbocycles. The summed E-state index contributed by atoms with van der Waals surface area (Å²) in [6.45, 7) is 3.88. The van der Waals surface area contributed by atoms with Gasteiger partial charge in [0.25, 0.3) is 0 Å². The minimum Gasteiger partial charge on any atom is -0.378 e. The zero-order valence-corrected chi connectivity index (χ0v) is 12.1. The smallest absolute Gasteiger partial charge is 0.220 e. The molecule has 1 aromatic carbocycles. The summed E-state index contributed by atoms with van der Waals surface area (Å²) in [6, 6.07) is 8.01. The molecule has 1 amide bonds. The molecule has 2 rings (SSSR count). The summed E-state index contributed by atoms with van der Waals surface area (Å²) in [5.74, 6) is 0.616. The van der Waals surface area contributed by atoms with Crippen LogP contribution >= 0.6 is 0 Å². The maximum Gasteiger partial charge on any atom is 0.220 e. The average molecular weight is 276 g/mol. The molecule has 0 radical (unpaired) electrons. The summed E-state index contributed by atoms with van der Waals surface area (Å²) in [5, 5.41) is 2.98. The summed E-state index contributed by atoms with van der Waals surface area (Å²) in [4.78, 5) is 11.9. The predicted octanol–water partition coefficient (Wildman–Crippen LogP) is 1.97. The molecule has 0 bridgehead atoms. The average Bonchev–Trinajstić information content (AvgIpc) is 2.43. The lowest BCUT2D eigenvalue weighted by Gasteiger charge is -2.34. The van der Waals surface area contributed by atoms with Gasteiger partial charge in [-0.2, -0.15) is 0 Å². The molecule has 0 aromatic heterocycles. The highest BCUT2D eigenvalue weighted by molar-refractivity contribution is 5.76. The zero-order valence-electron chi connectivity index (χ0n) is 12.1. The zero-order chi connectivity index (χ0) is 14.4. The summed E-state index contributed by atoms with van der Waals surface area (Å²) in [7, 11) is 0. The van der Waals surface area contributed by atoms with Gasteiger partial charge >= 0.3 is 0 Å².